The van der Waals surface area contributed by atoms with Crippen LogP contribution in [0.5, 0.6) is 0 Å². The van der Waals surface area contributed by atoms with Crippen molar-refractivity contribution in [1.82, 2.24) is 5.32 Å². The van der Waals surface area contributed by atoms with E-state index in [-0.39, 0.29) is 19.1 Å². The number of benzene rings is 1. The summed E-state index contributed by atoms with van der Waals surface area (Å²) in [6.07, 6.45) is 0. The normalized spacial score (nSPS) is 9.88. The Morgan fingerprint density at radius 1 is 1.24 bits per heavy atom. The summed E-state index contributed by atoms with van der Waals surface area (Å²) in [6.45, 7) is 0.415. The standard InChI is InChI=1S/C11H15N3O3/c12-9-3-1-8(2-4-9)11(16)14-5-6-17-7-10(13)15/h1-4H,5-7,12H2,(H2,13,15)(H,14,16). The van der Waals surface area contributed by atoms with Crippen molar-refractivity contribution in [3.63, 3.8) is 0 Å². The van der Waals surface area contributed by atoms with Gasteiger partial charge >= 0.3 is 0 Å². The van der Waals surface area contributed by atoms with E-state index in [2.05, 4.69) is 5.32 Å². The lowest BCUT2D eigenvalue weighted by molar-refractivity contribution is -0.122. The minimum Gasteiger partial charge on any atom is -0.399 e. The molecule has 0 atom stereocenters. The van der Waals surface area contributed by atoms with Gasteiger partial charge in [0.2, 0.25) is 5.91 Å². The van der Waals surface area contributed by atoms with Crippen LogP contribution >= 0.6 is 0 Å². The molecule has 1 aromatic carbocycles. The molecule has 0 fully saturated rings. The van der Waals surface area contributed by atoms with Crippen LogP contribution in [0.3, 0.4) is 0 Å². The van der Waals surface area contributed by atoms with Crippen molar-refractivity contribution in [3.8, 4) is 0 Å². The molecule has 0 saturated heterocycles. The summed E-state index contributed by atoms with van der Waals surface area (Å²) < 4.78 is 4.89. The molecule has 2 amide bonds. The third-order valence-corrected chi connectivity index (χ3v) is 1.95. The quantitative estimate of drug-likeness (QED) is 0.458. The Morgan fingerprint density at radius 2 is 1.88 bits per heavy atom. The molecule has 0 aromatic heterocycles. The van der Waals surface area contributed by atoms with E-state index >= 15 is 0 Å². The zero-order valence-corrected chi connectivity index (χ0v) is 9.31. The highest BCUT2D eigenvalue weighted by molar-refractivity contribution is 5.94. The van der Waals surface area contributed by atoms with E-state index in [1.165, 1.54) is 0 Å². The molecule has 92 valence electrons. The third kappa shape index (κ3) is 4.98. The minimum absolute atomic E-state index is 0.141. The summed E-state index contributed by atoms with van der Waals surface area (Å²) in [5.74, 6) is -0.748. The van der Waals surface area contributed by atoms with E-state index in [1.807, 2.05) is 0 Å². The van der Waals surface area contributed by atoms with Gasteiger partial charge in [0.1, 0.15) is 6.61 Å². The first-order chi connectivity index (χ1) is 8.09. The fourth-order valence-electron chi connectivity index (χ4n) is 1.15. The maximum atomic E-state index is 11.6. The van der Waals surface area contributed by atoms with Gasteiger partial charge in [0.25, 0.3) is 5.91 Å². The second-order valence-electron chi connectivity index (χ2n) is 3.40. The Bertz CT molecular complexity index is 389. The summed E-state index contributed by atoms with van der Waals surface area (Å²) in [7, 11) is 0. The molecule has 17 heavy (non-hydrogen) atoms. The van der Waals surface area contributed by atoms with Crippen molar-refractivity contribution in [2.24, 2.45) is 5.73 Å². The molecule has 0 heterocycles. The van der Waals surface area contributed by atoms with Gasteiger partial charge in [-0.25, -0.2) is 0 Å². The first kappa shape index (κ1) is 13.0. The van der Waals surface area contributed by atoms with Gasteiger partial charge in [0.05, 0.1) is 6.61 Å². The number of rotatable bonds is 6. The molecule has 6 nitrogen and oxygen atoms in total. The Hall–Kier alpha value is -2.08. The van der Waals surface area contributed by atoms with E-state index in [0.717, 1.165) is 0 Å². The van der Waals surface area contributed by atoms with Crippen molar-refractivity contribution >= 4 is 17.5 Å². The number of hydrogen-bond acceptors (Lipinski definition) is 4. The van der Waals surface area contributed by atoms with Crippen LogP contribution in [0, 0.1) is 0 Å². The lowest BCUT2D eigenvalue weighted by Gasteiger charge is -2.05. The largest absolute Gasteiger partial charge is 0.399 e. The van der Waals surface area contributed by atoms with E-state index in [1.54, 1.807) is 24.3 Å². The van der Waals surface area contributed by atoms with Gasteiger partial charge in [-0.15, -0.1) is 0 Å². The van der Waals surface area contributed by atoms with Gasteiger partial charge in [-0.05, 0) is 24.3 Å². The molecule has 0 aliphatic rings. The second kappa shape index (κ2) is 6.49. The number of hydrogen-bond donors (Lipinski definition) is 3. The Morgan fingerprint density at radius 3 is 2.47 bits per heavy atom. The number of nitrogens with one attached hydrogen (secondary N) is 1. The Kier molecular flexibility index (Phi) is 4.96. The SMILES string of the molecule is NC(=O)COCCNC(=O)c1ccc(N)cc1. The predicted octanol–water partition coefficient (Wildman–Crippen LogP) is -0.499. The zero-order chi connectivity index (χ0) is 12.7. The molecule has 0 bridgehead atoms. The van der Waals surface area contributed by atoms with Crippen molar-refractivity contribution in [3.05, 3.63) is 29.8 Å². The van der Waals surface area contributed by atoms with E-state index < -0.39 is 5.91 Å². The average molecular weight is 237 g/mol. The summed E-state index contributed by atoms with van der Waals surface area (Å²) in [6, 6.07) is 6.57. The number of anilines is 1. The minimum atomic E-state index is -0.533. The van der Waals surface area contributed by atoms with Gasteiger partial charge in [0, 0.05) is 17.8 Å². The number of carbonyl (C=O) groups excluding carboxylic acids is 2. The molecule has 6 heteroatoms. The van der Waals surface area contributed by atoms with Crippen LogP contribution in [-0.4, -0.2) is 31.6 Å². The second-order valence-corrected chi connectivity index (χ2v) is 3.40. The van der Waals surface area contributed by atoms with E-state index in [9.17, 15) is 9.59 Å². The lowest BCUT2D eigenvalue weighted by atomic mass is 10.2. The molecule has 0 radical (unpaired) electrons. The fraction of sp³-hybridized carbons (Fsp3) is 0.273. The van der Waals surface area contributed by atoms with Gasteiger partial charge in [-0.2, -0.15) is 0 Å². The van der Waals surface area contributed by atoms with Crippen LogP contribution in [-0.2, 0) is 9.53 Å². The lowest BCUT2D eigenvalue weighted by Crippen LogP contribution is -2.28. The third-order valence-electron chi connectivity index (χ3n) is 1.95. The molecule has 5 N–H and O–H groups in total. The number of nitrogens with two attached hydrogens (primary N) is 2. The summed E-state index contributed by atoms with van der Waals surface area (Å²) in [5, 5.41) is 2.64. The van der Waals surface area contributed by atoms with Gasteiger partial charge in [-0.1, -0.05) is 0 Å². The van der Waals surface area contributed by atoms with Crippen molar-refractivity contribution in [1.29, 1.82) is 0 Å². The van der Waals surface area contributed by atoms with Crippen molar-refractivity contribution in [2.45, 2.75) is 0 Å². The highest BCUT2D eigenvalue weighted by Crippen LogP contribution is 2.04. The molecule has 0 aliphatic carbocycles. The van der Waals surface area contributed by atoms with Crippen LogP contribution < -0.4 is 16.8 Å². The number of ether oxygens (including phenoxy) is 1. The Labute approximate surface area is 98.9 Å². The van der Waals surface area contributed by atoms with Crippen molar-refractivity contribution < 1.29 is 14.3 Å². The zero-order valence-electron chi connectivity index (χ0n) is 9.31. The van der Waals surface area contributed by atoms with Gasteiger partial charge in [-0.3, -0.25) is 9.59 Å². The van der Waals surface area contributed by atoms with Crippen LogP contribution in [0.2, 0.25) is 0 Å². The average Bonchev–Trinajstić information content (AvgIpc) is 2.29. The highest BCUT2D eigenvalue weighted by Gasteiger charge is 2.03. The first-order valence-electron chi connectivity index (χ1n) is 5.09. The smallest absolute Gasteiger partial charge is 0.251 e. The number of amides is 2. The molecule has 0 unspecified atom stereocenters. The summed E-state index contributed by atoms with van der Waals surface area (Å²) in [4.78, 5) is 21.9. The molecule has 1 rings (SSSR count). The first-order valence-corrected chi connectivity index (χ1v) is 5.09. The number of primary amides is 1. The molecule has 1 aromatic rings. The molecule has 0 aliphatic heterocycles. The topological polar surface area (TPSA) is 107 Å². The van der Waals surface area contributed by atoms with E-state index in [4.69, 9.17) is 16.2 Å². The predicted molar refractivity (Wildman–Crippen MR) is 63.2 cm³/mol. The number of nitrogen functional groups attached to an aromatic ring is 1. The van der Waals surface area contributed by atoms with E-state index in [0.29, 0.717) is 17.8 Å². The van der Waals surface area contributed by atoms with Crippen LogP contribution in [0.15, 0.2) is 24.3 Å². The monoisotopic (exact) mass is 237 g/mol. The Balaban J connectivity index is 2.25. The number of carbonyl (C=O) groups is 2. The molecular weight excluding hydrogens is 222 g/mol. The fourth-order valence-corrected chi connectivity index (χ4v) is 1.15. The van der Waals surface area contributed by atoms with Crippen LogP contribution in [0.1, 0.15) is 10.4 Å². The van der Waals surface area contributed by atoms with Crippen LogP contribution in [0.4, 0.5) is 5.69 Å². The maximum absolute atomic E-state index is 11.6. The van der Waals surface area contributed by atoms with Gasteiger partial charge in [0.15, 0.2) is 0 Å². The molecular formula is C11H15N3O3. The molecule has 0 saturated carbocycles. The maximum Gasteiger partial charge on any atom is 0.251 e. The highest BCUT2D eigenvalue weighted by atomic mass is 16.5. The van der Waals surface area contributed by atoms with Gasteiger partial charge < -0.3 is 21.5 Å². The summed E-state index contributed by atoms with van der Waals surface area (Å²) >= 11 is 0. The molecule has 0 spiro atoms. The summed E-state index contributed by atoms with van der Waals surface area (Å²) in [5.41, 5.74) is 11.5. The van der Waals surface area contributed by atoms with Crippen molar-refractivity contribution in [2.75, 3.05) is 25.5 Å². The van der Waals surface area contributed by atoms with Crippen LogP contribution in [0.25, 0.3) is 0 Å².